The van der Waals surface area contributed by atoms with E-state index in [1.165, 1.54) is 0 Å². The van der Waals surface area contributed by atoms with Crippen molar-refractivity contribution in [3.63, 3.8) is 0 Å². The third kappa shape index (κ3) is 3.09. The van der Waals surface area contributed by atoms with Gasteiger partial charge in [0.25, 0.3) is 5.91 Å². The molecule has 1 amide bonds. The Hall–Kier alpha value is -2.12. The molecule has 2 aliphatic heterocycles. The highest BCUT2D eigenvalue weighted by molar-refractivity contribution is 7.15. The van der Waals surface area contributed by atoms with Crippen LogP contribution in [-0.2, 0) is 4.74 Å². The van der Waals surface area contributed by atoms with Crippen LogP contribution in [0.1, 0.15) is 35.3 Å². The van der Waals surface area contributed by atoms with Gasteiger partial charge in [-0.1, -0.05) is 13.8 Å². The van der Waals surface area contributed by atoms with Crippen LogP contribution in [0.4, 0.5) is 0 Å². The van der Waals surface area contributed by atoms with Gasteiger partial charge in [0.15, 0.2) is 11.5 Å². The Kier molecular flexibility index (Phi) is 4.35. The van der Waals surface area contributed by atoms with Crippen LogP contribution in [0.15, 0.2) is 18.2 Å². The third-order valence-corrected chi connectivity index (χ3v) is 5.68. The van der Waals surface area contributed by atoms with E-state index in [4.69, 9.17) is 14.2 Å². The first-order chi connectivity index (χ1) is 12.1. The number of nitrogens with zero attached hydrogens (tertiary/aromatic N) is 2. The van der Waals surface area contributed by atoms with Crippen molar-refractivity contribution in [3.05, 3.63) is 28.9 Å². The van der Waals surface area contributed by atoms with Gasteiger partial charge in [-0.05, 0) is 23.8 Å². The minimum atomic E-state index is -0.0286. The summed E-state index contributed by atoms with van der Waals surface area (Å²) in [5.74, 6) is 1.68. The van der Waals surface area contributed by atoms with E-state index in [9.17, 15) is 4.79 Å². The fourth-order valence-corrected chi connectivity index (χ4v) is 3.93. The summed E-state index contributed by atoms with van der Waals surface area (Å²) >= 11 is 1.57. The average molecular weight is 360 g/mol. The van der Waals surface area contributed by atoms with Gasteiger partial charge in [0.2, 0.25) is 6.79 Å². The number of thiazole rings is 1. The molecule has 7 heteroatoms. The van der Waals surface area contributed by atoms with E-state index in [-0.39, 0.29) is 18.6 Å². The van der Waals surface area contributed by atoms with Gasteiger partial charge >= 0.3 is 0 Å². The Morgan fingerprint density at radius 1 is 1.20 bits per heavy atom. The molecule has 4 rings (SSSR count). The summed E-state index contributed by atoms with van der Waals surface area (Å²) in [6, 6.07) is 5.77. The number of hydrogen-bond acceptors (Lipinski definition) is 6. The Bertz CT molecular complexity index is 796. The molecular formula is C18H20N2O4S. The number of carbonyl (C=O) groups is 1. The van der Waals surface area contributed by atoms with Gasteiger partial charge < -0.3 is 19.1 Å². The van der Waals surface area contributed by atoms with Gasteiger partial charge in [-0.2, -0.15) is 0 Å². The molecule has 6 nitrogen and oxygen atoms in total. The Labute approximate surface area is 150 Å². The van der Waals surface area contributed by atoms with Crippen molar-refractivity contribution in [1.82, 2.24) is 9.88 Å². The molecule has 1 aromatic carbocycles. The van der Waals surface area contributed by atoms with Crippen molar-refractivity contribution in [2.45, 2.75) is 19.8 Å². The SMILES string of the molecule is CC(C)c1nc(C(=O)N2CCOCC2)c(-c2ccc3c(c2)OCO3)s1. The quantitative estimate of drug-likeness (QED) is 0.842. The topological polar surface area (TPSA) is 60.9 Å². The Balaban J connectivity index is 1.74. The number of fused-ring (bicyclic) bond motifs is 1. The maximum absolute atomic E-state index is 13.0. The van der Waals surface area contributed by atoms with Gasteiger partial charge in [0.05, 0.1) is 23.1 Å². The minimum Gasteiger partial charge on any atom is -0.454 e. The van der Waals surface area contributed by atoms with E-state index in [0.717, 1.165) is 21.2 Å². The van der Waals surface area contributed by atoms with E-state index in [2.05, 4.69) is 18.8 Å². The maximum atomic E-state index is 13.0. The molecule has 0 unspecified atom stereocenters. The smallest absolute Gasteiger partial charge is 0.274 e. The highest BCUT2D eigenvalue weighted by Crippen LogP contribution is 2.40. The molecule has 0 aliphatic carbocycles. The molecule has 2 aliphatic rings. The summed E-state index contributed by atoms with van der Waals surface area (Å²) in [6.45, 7) is 6.77. The van der Waals surface area contributed by atoms with Crippen molar-refractivity contribution in [2.24, 2.45) is 0 Å². The molecule has 3 heterocycles. The average Bonchev–Trinajstić information content (AvgIpc) is 3.28. The monoisotopic (exact) mass is 360 g/mol. The second-order valence-corrected chi connectivity index (χ2v) is 7.39. The lowest BCUT2D eigenvalue weighted by Gasteiger charge is -2.26. The normalized spacial score (nSPS) is 16.5. The zero-order valence-electron chi connectivity index (χ0n) is 14.3. The zero-order valence-corrected chi connectivity index (χ0v) is 15.1. The van der Waals surface area contributed by atoms with Gasteiger partial charge in [0.1, 0.15) is 5.69 Å². The fourth-order valence-electron chi connectivity index (χ4n) is 2.88. The number of hydrogen-bond donors (Lipinski definition) is 0. The second kappa shape index (κ2) is 6.65. The van der Waals surface area contributed by atoms with E-state index in [1.54, 1.807) is 11.3 Å². The number of rotatable bonds is 3. The number of aromatic nitrogens is 1. The number of amides is 1. The first-order valence-corrected chi connectivity index (χ1v) is 9.23. The molecule has 0 radical (unpaired) electrons. The first-order valence-electron chi connectivity index (χ1n) is 8.41. The second-order valence-electron chi connectivity index (χ2n) is 6.36. The van der Waals surface area contributed by atoms with Gasteiger partial charge in [-0.25, -0.2) is 4.98 Å². The third-order valence-electron chi connectivity index (χ3n) is 4.27. The van der Waals surface area contributed by atoms with Crippen molar-refractivity contribution in [2.75, 3.05) is 33.1 Å². The molecule has 1 aromatic heterocycles. The van der Waals surface area contributed by atoms with Crippen molar-refractivity contribution >= 4 is 17.2 Å². The lowest BCUT2D eigenvalue weighted by atomic mass is 10.1. The highest BCUT2D eigenvalue weighted by atomic mass is 32.1. The van der Waals surface area contributed by atoms with Crippen LogP contribution >= 0.6 is 11.3 Å². The van der Waals surface area contributed by atoms with Crippen LogP contribution in [0.3, 0.4) is 0 Å². The van der Waals surface area contributed by atoms with Crippen molar-refractivity contribution in [3.8, 4) is 21.9 Å². The fraction of sp³-hybridized carbons (Fsp3) is 0.444. The first kappa shape index (κ1) is 16.4. The molecule has 1 fully saturated rings. The van der Waals surface area contributed by atoms with Crippen LogP contribution < -0.4 is 9.47 Å². The summed E-state index contributed by atoms with van der Waals surface area (Å²) in [7, 11) is 0. The number of ether oxygens (including phenoxy) is 3. The summed E-state index contributed by atoms with van der Waals surface area (Å²) < 4.78 is 16.2. The van der Waals surface area contributed by atoms with Crippen molar-refractivity contribution in [1.29, 1.82) is 0 Å². The lowest BCUT2D eigenvalue weighted by molar-refractivity contribution is 0.0300. The molecule has 132 valence electrons. The summed E-state index contributed by atoms with van der Waals surface area (Å²) in [6.07, 6.45) is 0. The number of benzene rings is 1. The molecule has 0 spiro atoms. The predicted octanol–water partition coefficient (Wildman–Crippen LogP) is 3.13. The number of morpholine rings is 1. The highest BCUT2D eigenvalue weighted by Gasteiger charge is 2.27. The molecule has 25 heavy (non-hydrogen) atoms. The lowest BCUT2D eigenvalue weighted by Crippen LogP contribution is -2.41. The van der Waals surface area contributed by atoms with Crippen LogP contribution in [0, 0.1) is 0 Å². The largest absolute Gasteiger partial charge is 0.454 e. The maximum Gasteiger partial charge on any atom is 0.274 e. The van der Waals surface area contributed by atoms with E-state index in [1.807, 2.05) is 23.1 Å². The molecule has 0 bridgehead atoms. The van der Waals surface area contributed by atoms with Crippen molar-refractivity contribution < 1.29 is 19.0 Å². The molecule has 0 saturated carbocycles. The summed E-state index contributed by atoms with van der Waals surface area (Å²) in [5, 5.41) is 0.962. The van der Waals surface area contributed by atoms with Crippen LogP contribution in [0.2, 0.25) is 0 Å². The van der Waals surface area contributed by atoms with Crippen LogP contribution in [0.25, 0.3) is 10.4 Å². The van der Waals surface area contributed by atoms with Gasteiger partial charge in [-0.15, -0.1) is 11.3 Å². The molecular weight excluding hydrogens is 340 g/mol. The standard InChI is InChI=1S/C18H20N2O4S/c1-11(2)17-19-15(18(21)20-5-7-22-8-6-20)16(25-17)12-3-4-13-14(9-12)24-10-23-13/h3-4,9,11H,5-8,10H2,1-2H3. The van der Waals surface area contributed by atoms with E-state index >= 15 is 0 Å². The molecule has 2 aromatic rings. The van der Waals surface area contributed by atoms with E-state index < -0.39 is 0 Å². The Morgan fingerprint density at radius 2 is 1.96 bits per heavy atom. The summed E-state index contributed by atoms with van der Waals surface area (Å²) in [5.41, 5.74) is 1.46. The minimum absolute atomic E-state index is 0.0286. The Morgan fingerprint density at radius 3 is 2.72 bits per heavy atom. The predicted molar refractivity (Wildman–Crippen MR) is 94.5 cm³/mol. The van der Waals surface area contributed by atoms with Crippen LogP contribution in [-0.4, -0.2) is 48.9 Å². The zero-order chi connectivity index (χ0) is 17.4. The van der Waals surface area contributed by atoms with Crippen LogP contribution in [0.5, 0.6) is 11.5 Å². The van der Waals surface area contributed by atoms with Gasteiger partial charge in [0, 0.05) is 19.0 Å². The number of carbonyl (C=O) groups excluding carboxylic acids is 1. The summed E-state index contributed by atoms with van der Waals surface area (Å²) in [4.78, 5) is 20.4. The molecule has 0 N–H and O–H groups in total. The molecule has 1 saturated heterocycles. The van der Waals surface area contributed by atoms with E-state index in [0.29, 0.717) is 37.7 Å². The molecule has 0 atom stereocenters. The van der Waals surface area contributed by atoms with Gasteiger partial charge in [-0.3, -0.25) is 4.79 Å².